The molecule has 0 N–H and O–H groups in total. The van der Waals surface area contributed by atoms with E-state index in [9.17, 15) is 4.39 Å². The maximum absolute atomic E-state index is 13.4. The van der Waals surface area contributed by atoms with Gasteiger partial charge in [0.1, 0.15) is 18.1 Å². The van der Waals surface area contributed by atoms with Crippen LogP contribution in [0.15, 0.2) is 41.2 Å². The first kappa shape index (κ1) is 3.92. The second-order valence-electron chi connectivity index (χ2n) is 2.11. The van der Waals surface area contributed by atoms with Gasteiger partial charge in [-0.3, -0.25) is 0 Å². The fourth-order valence-electron chi connectivity index (χ4n) is 0.745. The van der Waals surface area contributed by atoms with Gasteiger partial charge in [0, 0.05) is 11.9 Å². The van der Waals surface area contributed by atoms with E-state index < -0.39 is 36.3 Å². The topological polar surface area (TPSA) is 17.8 Å². The van der Waals surface area contributed by atoms with Crippen LogP contribution in [0.3, 0.4) is 0 Å². The number of aromatic nitrogens is 2. The van der Waals surface area contributed by atoms with Gasteiger partial charge in [-0.25, -0.2) is 9.37 Å². The lowest BCUT2D eigenvalue weighted by Crippen LogP contribution is -1.88. The summed E-state index contributed by atoms with van der Waals surface area (Å²) in [5.41, 5.74) is -0.371. The van der Waals surface area contributed by atoms with Crippen molar-refractivity contribution < 1.29 is 12.6 Å². The van der Waals surface area contributed by atoms with E-state index >= 15 is 0 Å². The summed E-state index contributed by atoms with van der Waals surface area (Å²) in [7, 11) is 0. The minimum absolute atomic E-state index is 0.0266. The normalized spacial score (nSPS) is 16.8. The molecule has 1 heterocycles. The molecule has 2 aromatic rings. The fourth-order valence-corrected chi connectivity index (χ4v) is 1.00. The molecule has 2 rings (SSSR count). The zero-order chi connectivity index (χ0) is 14.5. The number of imidazole rings is 1. The molecule has 0 aliphatic carbocycles. The van der Waals surface area contributed by atoms with E-state index in [-0.39, 0.29) is 16.5 Å². The first-order chi connectivity index (χ1) is 8.77. The molecule has 0 aliphatic heterocycles. The molecule has 2 nitrogen and oxygen atoms in total. The zero-order valence-electron chi connectivity index (χ0n) is 12.2. The van der Waals surface area contributed by atoms with Gasteiger partial charge in [0.2, 0.25) is 0 Å². The molecule has 0 saturated heterocycles. The molecule has 0 bridgehead atoms. The minimum Gasteiger partial charge on any atom is -0.305 e. The van der Waals surface area contributed by atoms with Crippen LogP contribution < -0.4 is 0 Å². The summed E-state index contributed by atoms with van der Waals surface area (Å²) in [5.74, 6) is -1.27. The third-order valence-electron chi connectivity index (χ3n) is 1.26. The highest BCUT2D eigenvalue weighted by Crippen LogP contribution is 2.12. The van der Waals surface area contributed by atoms with E-state index in [1.807, 2.05) is 0 Å². The molecule has 0 amide bonds. The van der Waals surface area contributed by atoms with Crippen LogP contribution in [-0.4, -0.2) is 9.55 Å². The molecule has 1 aromatic heterocycles. The molecule has 0 spiro atoms. The predicted octanol–water partition coefficient (Wildman–Crippen LogP) is 2.77. The zero-order valence-corrected chi connectivity index (χ0v) is 7.74. The van der Waals surface area contributed by atoms with Crippen LogP contribution in [0.4, 0.5) is 4.39 Å². The van der Waals surface area contributed by atoms with Crippen molar-refractivity contribution in [2.75, 3.05) is 0 Å². The Kier molecular flexibility index (Phi) is 0.994. The molecular formula is C9H6BrFN2. The number of hydrogen-bond donors (Lipinski definition) is 0. The Bertz CT molecular complexity index is 657. The van der Waals surface area contributed by atoms with Crippen molar-refractivity contribution in [3.05, 3.63) is 47.1 Å². The van der Waals surface area contributed by atoms with Gasteiger partial charge in [0.05, 0.1) is 6.85 Å². The summed E-state index contributed by atoms with van der Waals surface area (Å²) in [4.78, 5) is 3.63. The van der Waals surface area contributed by atoms with Gasteiger partial charge in [0.15, 0.2) is 0 Å². The van der Waals surface area contributed by atoms with Crippen molar-refractivity contribution in [2.24, 2.45) is 0 Å². The van der Waals surface area contributed by atoms with E-state index in [0.29, 0.717) is 0 Å². The molecule has 0 aliphatic rings. The Morgan fingerprint density at radius 3 is 2.62 bits per heavy atom. The lowest BCUT2D eigenvalue weighted by Gasteiger charge is -1.99. The number of rotatable bonds is 1. The summed E-state index contributed by atoms with van der Waals surface area (Å²) in [5, 5.41) is 0. The molecule has 1 aromatic carbocycles. The minimum atomic E-state index is -1.27. The molecule has 66 valence electrons. The van der Waals surface area contributed by atoms with E-state index in [0.717, 1.165) is 4.57 Å². The Balaban J connectivity index is 2.91. The summed E-state index contributed by atoms with van der Waals surface area (Å²) in [6.07, 6.45) is -0.748. The third-order valence-corrected chi connectivity index (χ3v) is 1.61. The average molecular weight is 247 g/mol. The molecule has 0 saturated carbocycles. The standard InChI is InChI=1S/C9H6BrFN2/c10-9-5-13(6-12-9)8-3-1-7(11)2-4-8/h1-6H/i1D,2D,3D,4D,5D,6D. The van der Waals surface area contributed by atoms with E-state index in [1.165, 1.54) is 0 Å². The van der Waals surface area contributed by atoms with Gasteiger partial charge in [-0.2, -0.15) is 0 Å². The van der Waals surface area contributed by atoms with Crippen LogP contribution in [0.2, 0.25) is 0 Å². The smallest absolute Gasteiger partial charge is 0.124 e. The summed E-state index contributed by atoms with van der Waals surface area (Å²) < 4.78 is 59.6. The molecule has 4 heteroatoms. The summed E-state index contributed by atoms with van der Waals surface area (Å²) in [6, 6.07) is -3.02. The maximum Gasteiger partial charge on any atom is 0.124 e. The van der Waals surface area contributed by atoms with Gasteiger partial charge >= 0.3 is 0 Å². The highest BCUT2D eigenvalue weighted by molar-refractivity contribution is 9.10. The fraction of sp³-hybridized carbons (Fsp3) is 0. The number of benzene rings is 1. The lowest BCUT2D eigenvalue weighted by atomic mass is 10.3. The Morgan fingerprint density at radius 2 is 2.08 bits per heavy atom. The monoisotopic (exact) mass is 246 g/mol. The van der Waals surface area contributed by atoms with E-state index in [2.05, 4.69) is 20.9 Å². The van der Waals surface area contributed by atoms with Crippen molar-refractivity contribution in [3.8, 4) is 5.69 Å². The van der Waals surface area contributed by atoms with Crippen molar-refractivity contribution in [3.63, 3.8) is 0 Å². The molecular weight excluding hydrogens is 235 g/mol. The van der Waals surface area contributed by atoms with Gasteiger partial charge in [-0.15, -0.1) is 0 Å². The molecule has 0 atom stereocenters. The van der Waals surface area contributed by atoms with Crippen LogP contribution in [-0.2, 0) is 0 Å². The van der Waals surface area contributed by atoms with Crippen molar-refractivity contribution in [2.45, 2.75) is 0 Å². The van der Waals surface area contributed by atoms with Crippen molar-refractivity contribution in [1.29, 1.82) is 0 Å². The Labute approximate surface area is 91.6 Å². The number of hydrogen-bond acceptors (Lipinski definition) is 1. The van der Waals surface area contributed by atoms with Crippen LogP contribution in [0, 0.1) is 5.82 Å². The molecule has 0 radical (unpaired) electrons. The third kappa shape index (κ3) is 1.78. The molecule has 13 heavy (non-hydrogen) atoms. The van der Waals surface area contributed by atoms with Crippen molar-refractivity contribution in [1.82, 2.24) is 9.55 Å². The van der Waals surface area contributed by atoms with Crippen LogP contribution in [0.5, 0.6) is 0 Å². The summed E-state index contributed by atoms with van der Waals surface area (Å²) >= 11 is 2.94. The number of halogens is 2. The predicted molar refractivity (Wildman–Crippen MR) is 51.2 cm³/mol. The van der Waals surface area contributed by atoms with E-state index in [1.54, 1.807) is 0 Å². The molecule has 0 fully saturated rings. The lowest BCUT2D eigenvalue weighted by molar-refractivity contribution is 0.627. The highest BCUT2D eigenvalue weighted by Gasteiger charge is 1.97. The average Bonchev–Trinajstić information content (AvgIpc) is 2.61. The van der Waals surface area contributed by atoms with Gasteiger partial charge in [-0.05, 0) is 40.1 Å². The maximum atomic E-state index is 13.4. The summed E-state index contributed by atoms with van der Waals surface area (Å²) in [6.45, 7) is 0. The Morgan fingerprint density at radius 1 is 1.38 bits per heavy atom. The van der Waals surface area contributed by atoms with Crippen LogP contribution >= 0.6 is 15.9 Å². The molecule has 0 unspecified atom stereocenters. The van der Waals surface area contributed by atoms with Gasteiger partial charge in [0.25, 0.3) is 0 Å². The SMILES string of the molecule is [2H]c1c([2H])c(-n2c([2H])nc(Br)c2[2H])c([2H])c([2H])c1F. The number of nitrogens with zero attached hydrogens (tertiary/aromatic N) is 2. The first-order valence-corrected chi connectivity index (χ1v) is 4.04. The van der Waals surface area contributed by atoms with Crippen molar-refractivity contribution >= 4 is 15.9 Å². The largest absolute Gasteiger partial charge is 0.305 e. The second kappa shape index (κ2) is 3.30. The van der Waals surface area contributed by atoms with E-state index in [4.69, 9.17) is 8.22 Å². The Hall–Kier alpha value is -1.16. The quantitative estimate of drug-likeness (QED) is 0.757. The highest BCUT2D eigenvalue weighted by atomic mass is 79.9. The second-order valence-corrected chi connectivity index (χ2v) is 2.86. The van der Waals surface area contributed by atoms with Gasteiger partial charge in [-0.1, -0.05) is 0 Å². The first-order valence-electron chi connectivity index (χ1n) is 6.25. The van der Waals surface area contributed by atoms with Gasteiger partial charge < -0.3 is 4.57 Å². The van der Waals surface area contributed by atoms with Crippen LogP contribution in [0.25, 0.3) is 5.69 Å². The van der Waals surface area contributed by atoms with Crippen LogP contribution in [0.1, 0.15) is 8.22 Å².